The van der Waals surface area contributed by atoms with Gasteiger partial charge >= 0.3 is 5.97 Å². The number of nitrogens with one attached hydrogen (secondary N) is 1. The highest BCUT2D eigenvalue weighted by Gasteiger charge is 2.32. The Bertz CT molecular complexity index is 993. The molecule has 9 nitrogen and oxygen atoms in total. The number of rotatable bonds is 6. The number of hydrogen-bond acceptors (Lipinski definition) is 7. The fraction of sp³-hybridized carbons (Fsp3) is 0.389. The number of benzene rings is 1. The average Bonchev–Trinajstić information content (AvgIpc) is 3.07. The van der Waals surface area contributed by atoms with Gasteiger partial charge in [0, 0.05) is 24.0 Å². The molecular weight excluding hydrogens is 418 g/mol. The molecule has 1 saturated heterocycles. The number of amides is 1. The molecule has 2 heterocycles. The summed E-state index contributed by atoms with van der Waals surface area (Å²) in [4.78, 5) is 27.2. The summed E-state index contributed by atoms with van der Waals surface area (Å²) in [5.41, 5.74) is 0.621. The molecule has 0 saturated carbocycles. The highest BCUT2D eigenvalue weighted by Crippen LogP contribution is 2.22. The molecule has 2 aromatic rings. The Morgan fingerprint density at radius 2 is 1.86 bits per heavy atom. The Morgan fingerprint density at radius 3 is 2.45 bits per heavy atom. The number of aromatic nitrogens is 1. The van der Waals surface area contributed by atoms with Crippen molar-refractivity contribution in [2.24, 2.45) is 0 Å². The van der Waals surface area contributed by atoms with Crippen LogP contribution in [0, 0.1) is 0 Å². The van der Waals surface area contributed by atoms with E-state index in [1.54, 1.807) is 5.38 Å². The number of morpholine rings is 1. The molecule has 0 radical (unpaired) electrons. The lowest BCUT2D eigenvalue weighted by Crippen LogP contribution is -2.48. The first-order valence-corrected chi connectivity index (χ1v) is 11.2. The van der Waals surface area contributed by atoms with Crippen LogP contribution in [0.3, 0.4) is 0 Å². The van der Waals surface area contributed by atoms with E-state index in [1.165, 1.54) is 28.6 Å². The Kier molecular flexibility index (Phi) is 6.32. The smallest absolute Gasteiger partial charge is 0.309 e. The fourth-order valence-electron chi connectivity index (χ4n) is 3.02. The predicted molar refractivity (Wildman–Crippen MR) is 107 cm³/mol. The fourth-order valence-corrected chi connectivity index (χ4v) is 5.32. The normalized spacial score (nSPS) is 20.3. The van der Waals surface area contributed by atoms with Gasteiger partial charge in [-0.2, -0.15) is 4.31 Å². The van der Waals surface area contributed by atoms with Crippen LogP contribution in [-0.2, 0) is 26.0 Å². The summed E-state index contributed by atoms with van der Waals surface area (Å²) in [5.74, 6) is -1.46. The zero-order valence-corrected chi connectivity index (χ0v) is 17.5. The van der Waals surface area contributed by atoms with E-state index < -0.39 is 21.9 Å². The first kappa shape index (κ1) is 21.4. The van der Waals surface area contributed by atoms with E-state index in [9.17, 15) is 18.0 Å². The molecule has 1 amide bonds. The lowest BCUT2D eigenvalue weighted by Gasteiger charge is -2.34. The molecule has 1 aliphatic rings. The van der Waals surface area contributed by atoms with Crippen LogP contribution in [0.15, 0.2) is 34.5 Å². The number of nitrogens with zero attached hydrogens (tertiary/aromatic N) is 2. The minimum atomic E-state index is -3.68. The number of carboxylic acid groups (broad SMARTS) is 1. The maximum Gasteiger partial charge on any atom is 0.309 e. The largest absolute Gasteiger partial charge is 0.481 e. The zero-order valence-electron chi connectivity index (χ0n) is 15.9. The van der Waals surface area contributed by atoms with Crippen molar-refractivity contribution in [1.82, 2.24) is 9.29 Å². The molecule has 0 spiro atoms. The van der Waals surface area contributed by atoms with E-state index in [4.69, 9.17) is 9.84 Å². The molecule has 11 heteroatoms. The number of aliphatic carboxylic acids is 1. The molecular formula is C18H21N3O6S2. The van der Waals surface area contributed by atoms with Crippen LogP contribution in [0.5, 0.6) is 0 Å². The van der Waals surface area contributed by atoms with Gasteiger partial charge in [0.1, 0.15) is 0 Å². The standard InChI is InChI=1S/C18H21N3O6S2/c1-11-8-21(9-12(2)27-11)29(25,26)15-5-3-13(4-6-15)17(24)20-18-19-14(10-28-18)7-16(22)23/h3-6,10-12H,7-9H2,1-2H3,(H,22,23)(H,19,20,24)/t11-,12+. The highest BCUT2D eigenvalue weighted by molar-refractivity contribution is 7.89. The summed E-state index contributed by atoms with van der Waals surface area (Å²) in [6.45, 7) is 4.20. The number of sulfonamides is 1. The molecule has 2 N–H and O–H groups in total. The molecule has 0 unspecified atom stereocenters. The third-order valence-corrected chi connectivity index (χ3v) is 6.90. The Hall–Kier alpha value is -2.34. The van der Waals surface area contributed by atoms with Gasteiger partial charge in [-0.25, -0.2) is 13.4 Å². The molecule has 2 atom stereocenters. The summed E-state index contributed by atoms with van der Waals surface area (Å²) in [6, 6.07) is 5.65. The van der Waals surface area contributed by atoms with Gasteiger partial charge in [-0.3, -0.25) is 14.9 Å². The number of hydrogen-bond donors (Lipinski definition) is 2. The molecule has 1 fully saturated rings. The van der Waals surface area contributed by atoms with Gasteiger partial charge in [0.2, 0.25) is 10.0 Å². The number of ether oxygens (including phenoxy) is 1. The summed E-state index contributed by atoms with van der Waals surface area (Å²) < 4.78 is 32.7. The SMILES string of the molecule is C[C@@H]1CN(S(=O)(=O)c2ccc(C(=O)Nc3nc(CC(=O)O)cs3)cc2)C[C@H](C)O1. The van der Waals surface area contributed by atoms with Crippen molar-refractivity contribution < 1.29 is 27.9 Å². The maximum absolute atomic E-state index is 12.9. The van der Waals surface area contributed by atoms with Gasteiger partial charge in [0.25, 0.3) is 5.91 Å². The minimum absolute atomic E-state index is 0.105. The first-order valence-electron chi connectivity index (χ1n) is 8.88. The number of carbonyl (C=O) groups is 2. The molecule has 0 aliphatic carbocycles. The molecule has 1 aromatic carbocycles. The highest BCUT2D eigenvalue weighted by atomic mass is 32.2. The van der Waals surface area contributed by atoms with E-state index in [-0.39, 0.29) is 47.3 Å². The second-order valence-electron chi connectivity index (χ2n) is 6.77. The van der Waals surface area contributed by atoms with Crippen molar-refractivity contribution in [3.05, 3.63) is 40.9 Å². The summed E-state index contributed by atoms with van der Waals surface area (Å²) in [5, 5.41) is 13.2. The van der Waals surface area contributed by atoms with Crippen LogP contribution in [-0.4, -0.2) is 60.0 Å². The molecule has 0 bridgehead atoms. The average molecular weight is 440 g/mol. The van der Waals surface area contributed by atoms with Crippen LogP contribution < -0.4 is 5.32 Å². The summed E-state index contributed by atoms with van der Waals surface area (Å²) in [6.07, 6.45) is -0.608. The van der Waals surface area contributed by atoms with Gasteiger partial charge in [0.05, 0.1) is 29.2 Å². The van der Waals surface area contributed by atoms with E-state index in [0.29, 0.717) is 5.69 Å². The van der Waals surface area contributed by atoms with E-state index >= 15 is 0 Å². The minimum Gasteiger partial charge on any atom is -0.481 e. The van der Waals surface area contributed by atoms with Crippen molar-refractivity contribution in [2.75, 3.05) is 18.4 Å². The van der Waals surface area contributed by atoms with Crippen LogP contribution in [0.2, 0.25) is 0 Å². The van der Waals surface area contributed by atoms with Crippen molar-refractivity contribution in [1.29, 1.82) is 0 Å². The summed E-state index contributed by atoms with van der Waals surface area (Å²) >= 11 is 1.12. The van der Waals surface area contributed by atoms with Gasteiger partial charge in [0.15, 0.2) is 5.13 Å². The van der Waals surface area contributed by atoms with Gasteiger partial charge in [-0.15, -0.1) is 11.3 Å². The lowest BCUT2D eigenvalue weighted by molar-refractivity contribution is -0.136. The third kappa shape index (κ3) is 5.18. The Morgan fingerprint density at radius 1 is 1.24 bits per heavy atom. The monoisotopic (exact) mass is 439 g/mol. The van der Waals surface area contributed by atoms with E-state index in [1.807, 2.05) is 13.8 Å². The van der Waals surface area contributed by atoms with Crippen LogP contribution in [0.1, 0.15) is 29.9 Å². The quantitative estimate of drug-likeness (QED) is 0.703. The third-order valence-electron chi connectivity index (χ3n) is 4.24. The predicted octanol–water partition coefficient (Wildman–Crippen LogP) is 1.82. The molecule has 1 aromatic heterocycles. The van der Waals surface area contributed by atoms with Gasteiger partial charge in [-0.05, 0) is 38.1 Å². The first-order chi connectivity index (χ1) is 13.6. The van der Waals surface area contributed by atoms with Crippen molar-refractivity contribution in [2.45, 2.75) is 37.4 Å². The number of carboxylic acids is 1. The van der Waals surface area contributed by atoms with Crippen LogP contribution >= 0.6 is 11.3 Å². The molecule has 156 valence electrons. The maximum atomic E-state index is 12.9. The van der Waals surface area contributed by atoms with Crippen molar-refractivity contribution >= 4 is 38.4 Å². The Labute approximate surface area is 172 Å². The topological polar surface area (TPSA) is 126 Å². The van der Waals surface area contributed by atoms with Crippen LogP contribution in [0.25, 0.3) is 0 Å². The van der Waals surface area contributed by atoms with Crippen molar-refractivity contribution in [3.8, 4) is 0 Å². The second-order valence-corrected chi connectivity index (χ2v) is 9.57. The molecule has 3 rings (SSSR count). The van der Waals surface area contributed by atoms with Gasteiger partial charge in [-0.1, -0.05) is 0 Å². The molecule has 1 aliphatic heterocycles. The van der Waals surface area contributed by atoms with E-state index in [0.717, 1.165) is 11.3 Å². The second kappa shape index (κ2) is 8.57. The number of anilines is 1. The number of carbonyl (C=O) groups excluding carboxylic acids is 1. The molecule has 29 heavy (non-hydrogen) atoms. The zero-order chi connectivity index (χ0) is 21.2. The van der Waals surface area contributed by atoms with Crippen molar-refractivity contribution in [3.63, 3.8) is 0 Å². The lowest BCUT2D eigenvalue weighted by atomic mass is 10.2. The Balaban J connectivity index is 1.70. The van der Waals surface area contributed by atoms with Gasteiger partial charge < -0.3 is 9.84 Å². The van der Waals surface area contributed by atoms with E-state index in [2.05, 4.69) is 10.3 Å². The number of thiazole rings is 1. The summed E-state index contributed by atoms with van der Waals surface area (Å²) in [7, 11) is -3.68. The van der Waals surface area contributed by atoms with Crippen LogP contribution in [0.4, 0.5) is 5.13 Å².